The summed E-state index contributed by atoms with van der Waals surface area (Å²) >= 11 is 2.21. The van der Waals surface area contributed by atoms with Crippen LogP contribution in [0.2, 0.25) is 0 Å². The Bertz CT molecular complexity index is 1830. The van der Waals surface area contributed by atoms with Gasteiger partial charge in [0.05, 0.1) is 6.04 Å². The number of allylic oxidation sites excluding steroid dienone is 1. The van der Waals surface area contributed by atoms with Gasteiger partial charge in [0, 0.05) is 31.0 Å². The van der Waals surface area contributed by atoms with E-state index in [2.05, 4.69) is 19.8 Å². The molecule has 3 saturated heterocycles. The number of carboxylic acid groups (broad SMARTS) is 1. The molecule has 3 N–H and O–H groups in total. The number of carbonyl (C=O) groups is 5. The molecule has 3 atom stereocenters. The van der Waals surface area contributed by atoms with E-state index in [1.165, 1.54) is 29.7 Å². The highest BCUT2D eigenvalue weighted by molar-refractivity contribution is 8.00. The normalized spacial score (nSPS) is 23.8. The van der Waals surface area contributed by atoms with Crippen LogP contribution < -0.4 is 11.1 Å². The van der Waals surface area contributed by atoms with Gasteiger partial charge in [-0.3, -0.25) is 19.3 Å². The number of fused-ring (bicyclic) bond motifs is 1. The van der Waals surface area contributed by atoms with Gasteiger partial charge >= 0.3 is 17.9 Å². The van der Waals surface area contributed by atoms with Crippen LogP contribution in [0, 0.1) is 13.8 Å². The smallest absolute Gasteiger partial charge is 0.477 e. The van der Waals surface area contributed by atoms with Crippen LogP contribution in [-0.4, -0.2) is 113 Å². The average molecular weight is 690 g/mol. The van der Waals surface area contributed by atoms with Crippen molar-refractivity contribution in [1.82, 2.24) is 29.4 Å². The van der Waals surface area contributed by atoms with E-state index in [4.69, 9.17) is 13.6 Å². The fourth-order valence-electron chi connectivity index (χ4n) is 5.76. The lowest BCUT2D eigenvalue weighted by Gasteiger charge is -2.49. The molecular formula is C27H27N7O11S2. The SMILES string of the molecule is Cc1nc(/C(=N/O)C(=O)N[C@@H]2C(=O)N3C(C(=O)O)=C(/C=C4\CCN([C@@H]5CCN(C(=O)OCc6oc(=O)oc6C)C5)C4=O)CSC23)ns1. The molecule has 0 aliphatic carbocycles. The summed E-state index contributed by atoms with van der Waals surface area (Å²) in [5.74, 6) is -3.77. The predicted molar refractivity (Wildman–Crippen MR) is 159 cm³/mol. The van der Waals surface area contributed by atoms with Crippen molar-refractivity contribution in [3.05, 3.63) is 55.9 Å². The zero-order valence-electron chi connectivity index (χ0n) is 24.8. The summed E-state index contributed by atoms with van der Waals surface area (Å²) in [6.07, 6.45) is 1.71. The van der Waals surface area contributed by atoms with Crippen LogP contribution in [0.1, 0.15) is 35.2 Å². The first-order chi connectivity index (χ1) is 22.5. The van der Waals surface area contributed by atoms with Crippen molar-refractivity contribution in [1.29, 1.82) is 0 Å². The number of ether oxygens (including phenoxy) is 1. The number of carboxylic acids is 1. The summed E-state index contributed by atoms with van der Waals surface area (Å²) < 4.78 is 18.8. The van der Waals surface area contributed by atoms with Gasteiger partial charge in [-0.2, -0.15) is 4.37 Å². The molecule has 0 spiro atoms. The average Bonchev–Trinajstić information content (AvgIpc) is 3.83. The van der Waals surface area contributed by atoms with Crippen molar-refractivity contribution in [2.75, 3.05) is 25.4 Å². The number of aryl methyl sites for hydroxylation is 2. The summed E-state index contributed by atoms with van der Waals surface area (Å²) in [5, 5.41) is 24.7. The van der Waals surface area contributed by atoms with Crippen LogP contribution in [0.15, 0.2) is 41.7 Å². The highest BCUT2D eigenvalue weighted by Gasteiger charge is 2.54. The number of aliphatic carboxylic acids is 1. The highest BCUT2D eigenvalue weighted by Crippen LogP contribution is 2.41. The molecule has 2 aromatic rings. The van der Waals surface area contributed by atoms with Crippen molar-refractivity contribution in [2.45, 2.75) is 50.8 Å². The predicted octanol–water partition coefficient (Wildman–Crippen LogP) is 0.188. The number of β-lactam (4-membered cyclic amide) rings is 1. The number of amides is 4. The van der Waals surface area contributed by atoms with Crippen molar-refractivity contribution in [3.8, 4) is 0 Å². The number of hydrogen-bond acceptors (Lipinski definition) is 15. The zero-order valence-corrected chi connectivity index (χ0v) is 26.5. The second-order valence-electron chi connectivity index (χ2n) is 10.9. The van der Waals surface area contributed by atoms with Crippen LogP contribution in [-0.2, 0) is 30.5 Å². The summed E-state index contributed by atoms with van der Waals surface area (Å²) in [4.78, 5) is 83.6. The van der Waals surface area contributed by atoms with Crippen LogP contribution in [0.3, 0.4) is 0 Å². The first kappa shape index (κ1) is 32.0. The van der Waals surface area contributed by atoms with Crippen molar-refractivity contribution >= 4 is 58.8 Å². The molecule has 1 unspecified atom stereocenters. The molecule has 18 nitrogen and oxygen atoms in total. The van der Waals surface area contributed by atoms with Crippen LogP contribution in [0.25, 0.3) is 0 Å². The van der Waals surface area contributed by atoms with Gasteiger partial charge in [0.2, 0.25) is 17.4 Å². The number of nitrogens with zero attached hydrogens (tertiary/aromatic N) is 6. The third-order valence-corrected chi connectivity index (χ3v) is 9.99. The second kappa shape index (κ2) is 12.7. The maximum Gasteiger partial charge on any atom is 0.519 e. The summed E-state index contributed by atoms with van der Waals surface area (Å²) in [5.41, 5.74) is -0.113. The monoisotopic (exact) mass is 689 g/mol. The van der Waals surface area contributed by atoms with Gasteiger partial charge in [-0.1, -0.05) is 5.16 Å². The molecular weight excluding hydrogens is 662 g/mol. The molecule has 3 fully saturated rings. The molecule has 4 aliphatic rings. The summed E-state index contributed by atoms with van der Waals surface area (Å²) in [6, 6.07) is -1.37. The van der Waals surface area contributed by atoms with Gasteiger partial charge in [0.15, 0.2) is 18.1 Å². The third kappa shape index (κ3) is 6.00. The molecule has 0 radical (unpaired) electrons. The van der Waals surface area contributed by atoms with Gasteiger partial charge in [-0.05, 0) is 49.9 Å². The van der Waals surface area contributed by atoms with Crippen molar-refractivity contribution in [3.63, 3.8) is 0 Å². The van der Waals surface area contributed by atoms with Gasteiger partial charge in [0.25, 0.3) is 11.8 Å². The van der Waals surface area contributed by atoms with E-state index in [0.717, 1.165) is 16.4 Å². The number of thioether (sulfide) groups is 1. The minimum absolute atomic E-state index is 0.107. The van der Waals surface area contributed by atoms with Crippen LogP contribution in [0.5, 0.6) is 0 Å². The molecule has 20 heteroatoms. The number of hydrogen-bond donors (Lipinski definition) is 3. The van der Waals surface area contributed by atoms with Crippen LogP contribution in [0.4, 0.5) is 4.79 Å². The van der Waals surface area contributed by atoms with E-state index in [9.17, 15) is 39.1 Å². The lowest BCUT2D eigenvalue weighted by molar-refractivity contribution is -0.150. The molecule has 0 saturated carbocycles. The van der Waals surface area contributed by atoms with E-state index in [1.54, 1.807) is 11.8 Å². The molecule has 47 heavy (non-hydrogen) atoms. The fourth-order valence-corrected chi connectivity index (χ4v) is 7.54. The number of carbonyl (C=O) groups excluding carboxylic acids is 4. The quantitative estimate of drug-likeness (QED) is 0.110. The largest absolute Gasteiger partial charge is 0.519 e. The Kier molecular flexibility index (Phi) is 8.62. The van der Waals surface area contributed by atoms with E-state index in [0.29, 0.717) is 36.5 Å². The minimum atomic E-state index is -1.36. The standard InChI is InChI=1S/C27H27N7O11S2/c1-11-16(45-27(41)44-11)9-43-26(40)32-5-4-15(8-32)33-6-3-13(22(33)36)7-14-10-46-24-18(23(37)34(24)19(14)25(38)39)29-21(35)17(30-42)20-28-12(2)47-31-20/h7,15,18,24,42H,3-6,8-10H2,1-2H3,(H,29,35)(H,38,39)/b13-7+,30-17-/t15-,18-,24?/m1/s1. The number of oxime groups is 1. The molecule has 6 heterocycles. The topological polar surface area (TPSA) is 238 Å². The highest BCUT2D eigenvalue weighted by atomic mass is 32.2. The van der Waals surface area contributed by atoms with Gasteiger partial charge in [-0.15, -0.1) is 11.8 Å². The Morgan fingerprint density at radius 3 is 2.64 bits per heavy atom. The molecule has 4 aliphatic heterocycles. The summed E-state index contributed by atoms with van der Waals surface area (Å²) in [7, 11) is 0. The summed E-state index contributed by atoms with van der Waals surface area (Å²) in [6.45, 7) is 3.82. The van der Waals surface area contributed by atoms with E-state index < -0.39 is 46.8 Å². The molecule has 4 amide bonds. The molecule has 6 rings (SSSR count). The zero-order chi connectivity index (χ0) is 33.6. The maximum atomic E-state index is 13.4. The lowest BCUT2D eigenvalue weighted by Crippen LogP contribution is -2.71. The Hall–Kier alpha value is -4.98. The number of nitrogens with one attached hydrogen (secondary N) is 1. The van der Waals surface area contributed by atoms with Gasteiger partial charge in [-0.25, -0.2) is 19.4 Å². The number of rotatable bonds is 8. The van der Waals surface area contributed by atoms with Crippen LogP contribution >= 0.6 is 23.3 Å². The van der Waals surface area contributed by atoms with Crippen molar-refractivity contribution < 1.29 is 47.9 Å². The lowest BCUT2D eigenvalue weighted by atomic mass is 10.0. The number of likely N-dealkylation sites (tertiary alicyclic amines) is 2. The molecule has 2 aromatic heterocycles. The second-order valence-corrected chi connectivity index (χ2v) is 13.0. The van der Waals surface area contributed by atoms with E-state index in [1.807, 2.05) is 0 Å². The maximum absolute atomic E-state index is 13.4. The molecule has 248 valence electrons. The first-order valence-electron chi connectivity index (χ1n) is 14.2. The van der Waals surface area contributed by atoms with Crippen molar-refractivity contribution in [2.24, 2.45) is 5.16 Å². The molecule has 0 aromatic carbocycles. The first-order valence-corrected chi connectivity index (χ1v) is 16.1. The van der Waals surface area contributed by atoms with Gasteiger partial charge in [0.1, 0.15) is 22.1 Å². The number of aromatic nitrogens is 2. The molecule has 0 bridgehead atoms. The van der Waals surface area contributed by atoms with E-state index >= 15 is 0 Å². The van der Waals surface area contributed by atoms with E-state index in [-0.39, 0.29) is 59.5 Å². The Morgan fingerprint density at radius 2 is 1.98 bits per heavy atom. The third-order valence-electron chi connectivity index (χ3n) is 8.07. The minimum Gasteiger partial charge on any atom is -0.477 e. The Morgan fingerprint density at radius 1 is 1.19 bits per heavy atom. The Labute approximate surface area is 272 Å². The Balaban J connectivity index is 1.09. The fraction of sp³-hybridized carbons (Fsp3) is 0.444. The van der Waals surface area contributed by atoms with Gasteiger partial charge < -0.3 is 39.0 Å².